The smallest absolute Gasteiger partial charge is 0.126 e. The maximum Gasteiger partial charge on any atom is 0.126 e. The van der Waals surface area contributed by atoms with E-state index in [2.05, 4.69) is 19.2 Å². The highest BCUT2D eigenvalue weighted by Gasteiger charge is 2.14. The summed E-state index contributed by atoms with van der Waals surface area (Å²) in [5.74, 6) is 1.06. The monoisotopic (exact) mass is 281 g/mol. The van der Waals surface area contributed by atoms with E-state index in [1.165, 1.54) is 6.42 Å². The SMILES string of the molecule is CCC(C)CC(CNCCOC)Cc1ccccc1F. The summed E-state index contributed by atoms with van der Waals surface area (Å²) in [5.41, 5.74) is 0.828. The molecule has 0 spiro atoms. The highest BCUT2D eigenvalue weighted by atomic mass is 19.1. The van der Waals surface area contributed by atoms with Gasteiger partial charge in [-0.1, -0.05) is 38.5 Å². The van der Waals surface area contributed by atoms with Gasteiger partial charge in [0.1, 0.15) is 5.82 Å². The normalized spacial score (nSPS) is 14.2. The molecular formula is C17H28FNO. The Labute approximate surface area is 122 Å². The summed E-state index contributed by atoms with van der Waals surface area (Å²) in [4.78, 5) is 0. The summed E-state index contributed by atoms with van der Waals surface area (Å²) >= 11 is 0. The largest absolute Gasteiger partial charge is 0.383 e. The summed E-state index contributed by atoms with van der Waals surface area (Å²) in [6.07, 6.45) is 3.10. The van der Waals surface area contributed by atoms with Crippen molar-refractivity contribution in [2.24, 2.45) is 11.8 Å². The average Bonchev–Trinajstić information content (AvgIpc) is 2.45. The van der Waals surface area contributed by atoms with Gasteiger partial charge in [0.05, 0.1) is 6.61 Å². The van der Waals surface area contributed by atoms with E-state index in [0.29, 0.717) is 11.8 Å². The first-order valence-electron chi connectivity index (χ1n) is 7.60. The molecule has 0 fully saturated rings. The van der Waals surface area contributed by atoms with Crippen LogP contribution in [-0.2, 0) is 11.2 Å². The fraction of sp³-hybridized carbons (Fsp3) is 0.647. The van der Waals surface area contributed by atoms with Crippen LogP contribution in [0.1, 0.15) is 32.3 Å². The van der Waals surface area contributed by atoms with Gasteiger partial charge in [-0.2, -0.15) is 0 Å². The Morgan fingerprint density at radius 3 is 2.70 bits per heavy atom. The Morgan fingerprint density at radius 2 is 2.05 bits per heavy atom. The molecule has 0 saturated heterocycles. The molecule has 0 aliphatic heterocycles. The topological polar surface area (TPSA) is 21.3 Å². The van der Waals surface area contributed by atoms with Gasteiger partial charge in [-0.3, -0.25) is 0 Å². The molecule has 2 atom stereocenters. The number of methoxy groups -OCH3 is 1. The third-order valence-corrected chi connectivity index (χ3v) is 3.82. The highest BCUT2D eigenvalue weighted by Crippen LogP contribution is 2.20. The van der Waals surface area contributed by atoms with Crippen LogP contribution in [0.5, 0.6) is 0 Å². The van der Waals surface area contributed by atoms with Crippen molar-refractivity contribution in [1.29, 1.82) is 0 Å². The van der Waals surface area contributed by atoms with Crippen molar-refractivity contribution in [3.05, 3.63) is 35.6 Å². The summed E-state index contributed by atoms with van der Waals surface area (Å²) in [5, 5.41) is 3.41. The lowest BCUT2D eigenvalue weighted by Crippen LogP contribution is -2.28. The van der Waals surface area contributed by atoms with E-state index in [-0.39, 0.29) is 5.82 Å². The quantitative estimate of drug-likeness (QED) is 0.661. The molecule has 3 heteroatoms. The van der Waals surface area contributed by atoms with Gasteiger partial charge >= 0.3 is 0 Å². The molecular weight excluding hydrogens is 253 g/mol. The molecule has 114 valence electrons. The van der Waals surface area contributed by atoms with Crippen LogP contribution in [-0.4, -0.2) is 26.8 Å². The van der Waals surface area contributed by atoms with Crippen LogP contribution in [0, 0.1) is 17.7 Å². The first kappa shape index (κ1) is 17.1. The number of halogens is 1. The maximum atomic E-state index is 13.8. The second-order valence-corrected chi connectivity index (χ2v) is 5.61. The van der Waals surface area contributed by atoms with Crippen LogP contribution < -0.4 is 5.32 Å². The molecule has 0 bridgehead atoms. The Kier molecular flexibility index (Phi) is 8.47. The van der Waals surface area contributed by atoms with Gasteiger partial charge in [0.25, 0.3) is 0 Å². The summed E-state index contributed by atoms with van der Waals surface area (Å²) in [6, 6.07) is 7.11. The van der Waals surface area contributed by atoms with Crippen molar-refractivity contribution in [2.75, 3.05) is 26.8 Å². The number of hydrogen-bond donors (Lipinski definition) is 1. The molecule has 0 aromatic heterocycles. The second kappa shape index (κ2) is 9.89. The lowest BCUT2D eigenvalue weighted by molar-refractivity contribution is 0.196. The first-order valence-corrected chi connectivity index (χ1v) is 7.60. The molecule has 0 aliphatic rings. The van der Waals surface area contributed by atoms with E-state index in [1.807, 2.05) is 12.1 Å². The Hall–Kier alpha value is -0.930. The average molecular weight is 281 g/mol. The standard InChI is InChI=1S/C17H28FNO/c1-4-14(2)11-15(13-19-9-10-20-3)12-16-7-5-6-8-17(16)18/h5-8,14-15,19H,4,9-13H2,1-3H3. The van der Waals surface area contributed by atoms with Crippen molar-refractivity contribution < 1.29 is 9.13 Å². The number of rotatable bonds is 10. The third kappa shape index (κ3) is 6.49. The zero-order valence-electron chi connectivity index (χ0n) is 13.0. The minimum atomic E-state index is -0.0847. The van der Waals surface area contributed by atoms with Crippen molar-refractivity contribution in [3.8, 4) is 0 Å². The molecule has 1 rings (SSSR count). The van der Waals surface area contributed by atoms with Gasteiger partial charge in [-0.25, -0.2) is 4.39 Å². The molecule has 0 saturated carbocycles. The molecule has 0 heterocycles. The second-order valence-electron chi connectivity index (χ2n) is 5.61. The highest BCUT2D eigenvalue weighted by molar-refractivity contribution is 5.17. The Morgan fingerprint density at radius 1 is 1.30 bits per heavy atom. The van der Waals surface area contributed by atoms with Crippen LogP contribution in [0.3, 0.4) is 0 Å². The maximum absolute atomic E-state index is 13.8. The molecule has 1 aromatic carbocycles. The minimum Gasteiger partial charge on any atom is -0.383 e. The fourth-order valence-corrected chi connectivity index (χ4v) is 2.43. The van der Waals surface area contributed by atoms with Crippen LogP contribution in [0.15, 0.2) is 24.3 Å². The van der Waals surface area contributed by atoms with E-state index in [1.54, 1.807) is 19.2 Å². The lowest BCUT2D eigenvalue weighted by Gasteiger charge is -2.21. The zero-order chi connectivity index (χ0) is 14.8. The van der Waals surface area contributed by atoms with E-state index in [0.717, 1.165) is 38.1 Å². The van der Waals surface area contributed by atoms with E-state index < -0.39 is 0 Å². The van der Waals surface area contributed by atoms with Crippen LogP contribution in [0.2, 0.25) is 0 Å². The summed E-state index contributed by atoms with van der Waals surface area (Å²) < 4.78 is 18.8. The zero-order valence-corrected chi connectivity index (χ0v) is 13.0. The van der Waals surface area contributed by atoms with Crippen molar-refractivity contribution >= 4 is 0 Å². The number of benzene rings is 1. The molecule has 2 unspecified atom stereocenters. The number of nitrogens with one attached hydrogen (secondary N) is 1. The predicted octanol–water partition coefficient (Wildman–Crippen LogP) is 3.66. The lowest BCUT2D eigenvalue weighted by atomic mass is 9.89. The molecule has 20 heavy (non-hydrogen) atoms. The Bertz CT molecular complexity index is 370. The van der Waals surface area contributed by atoms with Gasteiger partial charge in [-0.05, 0) is 42.9 Å². The third-order valence-electron chi connectivity index (χ3n) is 3.82. The summed E-state index contributed by atoms with van der Waals surface area (Å²) in [6.45, 7) is 6.97. The summed E-state index contributed by atoms with van der Waals surface area (Å²) in [7, 11) is 1.71. The minimum absolute atomic E-state index is 0.0847. The van der Waals surface area contributed by atoms with Crippen molar-refractivity contribution in [2.45, 2.75) is 33.1 Å². The predicted molar refractivity (Wildman–Crippen MR) is 82.4 cm³/mol. The number of ether oxygens (including phenoxy) is 1. The van der Waals surface area contributed by atoms with Gasteiger partial charge in [0, 0.05) is 13.7 Å². The van der Waals surface area contributed by atoms with Gasteiger partial charge in [0.2, 0.25) is 0 Å². The van der Waals surface area contributed by atoms with Crippen molar-refractivity contribution in [3.63, 3.8) is 0 Å². The van der Waals surface area contributed by atoms with Crippen LogP contribution in [0.25, 0.3) is 0 Å². The first-order chi connectivity index (χ1) is 9.67. The van der Waals surface area contributed by atoms with E-state index >= 15 is 0 Å². The Balaban J connectivity index is 2.55. The van der Waals surface area contributed by atoms with Gasteiger partial charge in [-0.15, -0.1) is 0 Å². The fourth-order valence-electron chi connectivity index (χ4n) is 2.43. The van der Waals surface area contributed by atoms with Gasteiger partial charge in [0.15, 0.2) is 0 Å². The molecule has 0 radical (unpaired) electrons. The van der Waals surface area contributed by atoms with Crippen LogP contribution >= 0.6 is 0 Å². The van der Waals surface area contributed by atoms with E-state index in [9.17, 15) is 4.39 Å². The number of hydrogen-bond acceptors (Lipinski definition) is 2. The molecule has 2 nitrogen and oxygen atoms in total. The molecule has 1 N–H and O–H groups in total. The van der Waals surface area contributed by atoms with Crippen molar-refractivity contribution in [1.82, 2.24) is 5.32 Å². The van der Waals surface area contributed by atoms with E-state index in [4.69, 9.17) is 4.74 Å². The molecule has 1 aromatic rings. The van der Waals surface area contributed by atoms with Gasteiger partial charge < -0.3 is 10.1 Å². The van der Waals surface area contributed by atoms with Crippen LogP contribution in [0.4, 0.5) is 4.39 Å². The molecule has 0 amide bonds. The molecule has 0 aliphatic carbocycles.